The average molecular weight is 347 g/mol. The summed E-state index contributed by atoms with van der Waals surface area (Å²) in [6.45, 7) is 1.98. The van der Waals surface area contributed by atoms with Crippen LogP contribution in [-0.2, 0) is 0 Å². The zero-order chi connectivity index (χ0) is 17.4. The smallest absolute Gasteiger partial charge is 0.197 e. The van der Waals surface area contributed by atoms with E-state index >= 15 is 0 Å². The van der Waals surface area contributed by atoms with Gasteiger partial charge in [0.2, 0.25) is 0 Å². The Labute approximate surface area is 149 Å². The van der Waals surface area contributed by atoms with Gasteiger partial charge in [0, 0.05) is 27.6 Å². The summed E-state index contributed by atoms with van der Waals surface area (Å²) in [4.78, 5) is 17.7. The topological polar surface area (TPSA) is 42.1 Å². The van der Waals surface area contributed by atoms with Crippen LogP contribution in [-0.4, -0.2) is 12.1 Å². The first-order chi connectivity index (χ1) is 12.2. The monoisotopic (exact) mass is 347 g/mol. The van der Waals surface area contributed by atoms with E-state index in [1.807, 2.05) is 54.9 Å². The van der Waals surface area contributed by atoms with Crippen molar-refractivity contribution in [2.75, 3.05) is 7.11 Å². The number of hydrogen-bond acceptors (Lipinski definition) is 3. The fraction of sp³-hybridized carbons (Fsp3) is 0.0952. The van der Waals surface area contributed by atoms with E-state index in [9.17, 15) is 4.79 Å². The van der Waals surface area contributed by atoms with E-state index in [-0.39, 0.29) is 5.43 Å². The number of aryl methyl sites for hydroxylation is 1. The van der Waals surface area contributed by atoms with Crippen molar-refractivity contribution in [3.63, 3.8) is 0 Å². The number of benzene rings is 2. The van der Waals surface area contributed by atoms with Gasteiger partial charge in [0.05, 0.1) is 12.6 Å². The molecular formula is C21H17NO2S. The summed E-state index contributed by atoms with van der Waals surface area (Å²) in [5, 5.41) is 2.80. The highest BCUT2D eigenvalue weighted by Gasteiger charge is 2.13. The summed E-state index contributed by atoms with van der Waals surface area (Å²) in [5.74, 6) is 0.775. The van der Waals surface area contributed by atoms with Gasteiger partial charge in [-0.2, -0.15) is 0 Å². The molecule has 3 nitrogen and oxygen atoms in total. The molecule has 124 valence electrons. The molecule has 0 bridgehead atoms. The number of rotatable bonds is 3. The first-order valence-corrected chi connectivity index (χ1v) is 8.90. The van der Waals surface area contributed by atoms with Gasteiger partial charge in [-0.15, -0.1) is 11.3 Å². The zero-order valence-corrected chi connectivity index (χ0v) is 14.8. The quantitative estimate of drug-likeness (QED) is 0.550. The predicted octanol–water partition coefficient (Wildman–Crippen LogP) is 5.24. The second kappa shape index (κ2) is 6.22. The van der Waals surface area contributed by atoms with Crippen LogP contribution in [0.5, 0.6) is 5.75 Å². The molecule has 0 aliphatic rings. The van der Waals surface area contributed by atoms with Gasteiger partial charge >= 0.3 is 0 Å². The minimum atomic E-state index is 0.0508. The minimum absolute atomic E-state index is 0.0508. The number of pyridine rings is 1. The van der Waals surface area contributed by atoms with Crippen LogP contribution in [0.3, 0.4) is 0 Å². The van der Waals surface area contributed by atoms with Crippen LogP contribution in [0.25, 0.3) is 32.5 Å². The molecule has 0 unspecified atom stereocenters. The van der Waals surface area contributed by atoms with E-state index in [0.29, 0.717) is 5.56 Å². The molecule has 0 saturated carbocycles. The Hall–Kier alpha value is -2.85. The second-order valence-electron chi connectivity index (χ2n) is 5.92. The van der Waals surface area contributed by atoms with Gasteiger partial charge in [0.15, 0.2) is 5.43 Å². The number of H-pyrrole nitrogens is 1. The van der Waals surface area contributed by atoms with E-state index < -0.39 is 0 Å². The van der Waals surface area contributed by atoms with Gasteiger partial charge in [0.25, 0.3) is 0 Å². The number of nitrogens with one attached hydrogen (secondary N) is 1. The van der Waals surface area contributed by atoms with Crippen molar-refractivity contribution < 1.29 is 4.74 Å². The third-order valence-corrected chi connectivity index (χ3v) is 5.34. The number of methoxy groups -OCH3 is 1. The number of thiophene rings is 1. The number of ether oxygens (including phenoxy) is 1. The normalized spacial score (nSPS) is 11.0. The van der Waals surface area contributed by atoms with E-state index in [0.717, 1.165) is 38.2 Å². The van der Waals surface area contributed by atoms with Crippen LogP contribution < -0.4 is 10.2 Å². The van der Waals surface area contributed by atoms with E-state index in [2.05, 4.69) is 17.1 Å². The molecule has 2 aromatic heterocycles. The highest BCUT2D eigenvalue weighted by atomic mass is 32.1. The van der Waals surface area contributed by atoms with Gasteiger partial charge in [-0.1, -0.05) is 30.3 Å². The number of aromatic amines is 1. The lowest BCUT2D eigenvalue weighted by Crippen LogP contribution is -2.08. The van der Waals surface area contributed by atoms with Crippen molar-refractivity contribution >= 4 is 22.2 Å². The van der Waals surface area contributed by atoms with Gasteiger partial charge in [-0.05, 0) is 41.6 Å². The summed E-state index contributed by atoms with van der Waals surface area (Å²) in [5.41, 5.74) is 4.53. The Balaban J connectivity index is 1.96. The minimum Gasteiger partial charge on any atom is -0.497 e. The molecule has 2 heterocycles. The fourth-order valence-corrected chi connectivity index (χ4v) is 3.87. The van der Waals surface area contributed by atoms with Crippen LogP contribution in [0.1, 0.15) is 5.56 Å². The third kappa shape index (κ3) is 2.65. The van der Waals surface area contributed by atoms with Crippen LogP contribution in [0.2, 0.25) is 0 Å². The van der Waals surface area contributed by atoms with E-state index in [1.54, 1.807) is 18.4 Å². The Bertz CT molecular complexity index is 1090. The summed E-state index contributed by atoms with van der Waals surface area (Å²) < 4.78 is 5.20. The summed E-state index contributed by atoms with van der Waals surface area (Å²) in [6, 6.07) is 15.8. The maximum Gasteiger partial charge on any atom is 0.197 e. The molecule has 0 saturated heterocycles. The van der Waals surface area contributed by atoms with E-state index in [4.69, 9.17) is 4.74 Å². The SMILES string of the molecule is COc1ccc(-c2c[nH]c3c(-c4cccs4)ccc(C)c3c2=O)cc1. The number of fused-ring (bicyclic) bond motifs is 1. The van der Waals surface area contributed by atoms with Crippen LogP contribution >= 0.6 is 11.3 Å². The fourth-order valence-electron chi connectivity index (χ4n) is 3.12. The molecule has 0 fully saturated rings. The lowest BCUT2D eigenvalue weighted by Gasteiger charge is -2.10. The highest BCUT2D eigenvalue weighted by Crippen LogP contribution is 2.32. The largest absolute Gasteiger partial charge is 0.497 e. The Kier molecular flexibility index (Phi) is 3.90. The van der Waals surface area contributed by atoms with Gasteiger partial charge in [0.1, 0.15) is 5.75 Å². The molecule has 2 aromatic carbocycles. The lowest BCUT2D eigenvalue weighted by atomic mass is 9.99. The van der Waals surface area contributed by atoms with Crippen LogP contribution in [0.4, 0.5) is 0 Å². The highest BCUT2D eigenvalue weighted by molar-refractivity contribution is 7.13. The third-order valence-electron chi connectivity index (χ3n) is 4.43. The molecule has 25 heavy (non-hydrogen) atoms. The average Bonchev–Trinajstić information content (AvgIpc) is 3.17. The van der Waals surface area contributed by atoms with Gasteiger partial charge < -0.3 is 9.72 Å². The molecule has 0 aliphatic heterocycles. The second-order valence-corrected chi connectivity index (χ2v) is 6.86. The van der Waals surface area contributed by atoms with Gasteiger partial charge in [-0.25, -0.2) is 0 Å². The molecule has 4 rings (SSSR count). The molecule has 0 atom stereocenters. The van der Waals surface area contributed by atoms with Crippen molar-refractivity contribution in [3.8, 4) is 27.3 Å². The Morgan fingerprint density at radius 2 is 1.80 bits per heavy atom. The molecule has 4 heteroatoms. The van der Waals surface area contributed by atoms with Crippen LogP contribution in [0, 0.1) is 6.92 Å². The summed E-state index contributed by atoms with van der Waals surface area (Å²) in [6.07, 6.45) is 1.81. The molecule has 1 N–H and O–H groups in total. The maximum absolute atomic E-state index is 13.2. The molecule has 0 radical (unpaired) electrons. The van der Waals surface area contributed by atoms with Crippen molar-refractivity contribution in [1.29, 1.82) is 0 Å². The zero-order valence-electron chi connectivity index (χ0n) is 14.0. The summed E-state index contributed by atoms with van der Waals surface area (Å²) in [7, 11) is 1.63. The molecule has 0 aliphatic carbocycles. The first kappa shape index (κ1) is 15.7. The van der Waals surface area contributed by atoms with Crippen LogP contribution in [0.15, 0.2) is 64.9 Å². The van der Waals surface area contributed by atoms with Crippen molar-refractivity contribution in [2.45, 2.75) is 6.92 Å². The molecule has 0 spiro atoms. The maximum atomic E-state index is 13.2. The first-order valence-electron chi connectivity index (χ1n) is 8.02. The predicted molar refractivity (Wildman–Crippen MR) is 105 cm³/mol. The molecule has 4 aromatic rings. The van der Waals surface area contributed by atoms with E-state index in [1.165, 1.54) is 0 Å². The van der Waals surface area contributed by atoms with Crippen molar-refractivity contribution in [3.05, 3.63) is 75.9 Å². The standard InChI is InChI=1S/C21H17NO2S/c1-13-5-10-16(18-4-3-11-25-18)20-19(13)21(23)17(12-22-20)14-6-8-15(24-2)9-7-14/h3-12H,1-2H3,(H,22,23). The van der Waals surface area contributed by atoms with Crippen molar-refractivity contribution in [2.24, 2.45) is 0 Å². The Morgan fingerprint density at radius 3 is 2.48 bits per heavy atom. The van der Waals surface area contributed by atoms with Crippen molar-refractivity contribution in [1.82, 2.24) is 4.98 Å². The summed E-state index contributed by atoms with van der Waals surface area (Å²) >= 11 is 1.67. The number of hydrogen-bond donors (Lipinski definition) is 1. The number of aromatic nitrogens is 1. The van der Waals surface area contributed by atoms with Gasteiger partial charge in [-0.3, -0.25) is 4.79 Å². The molecule has 0 amide bonds. The lowest BCUT2D eigenvalue weighted by molar-refractivity contribution is 0.415. The molecular weight excluding hydrogens is 330 g/mol. The Morgan fingerprint density at radius 1 is 1.00 bits per heavy atom.